The predicted molar refractivity (Wildman–Crippen MR) is 59.4 cm³/mol. The number of rotatable bonds is 3. The minimum atomic E-state index is -0.897. The molecule has 0 radical (unpaired) electrons. The molecule has 5 heteroatoms. The summed E-state index contributed by atoms with van der Waals surface area (Å²) < 4.78 is 0. The van der Waals surface area contributed by atoms with Gasteiger partial charge in [0.05, 0.1) is 23.8 Å². The van der Waals surface area contributed by atoms with E-state index in [1.807, 2.05) is 6.07 Å². The number of aliphatic carboxylic acids is 1. The Morgan fingerprint density at radius 2 is 2.24 bits per heavy atom. The molecule has 0 bridgehead atoms. The highest BCUT2D eigenvalue weighted by atomic mass is 16.6. The van der Waals surface area contributed by atoms with Crippen LogP contribution in [0.1, 0.15) is 24.0 Å². The fourth-order valence-electron chi connectivity index (χ4n) is 1.64. The van der Waals surface area contributed by atoms with Crippen molar-refractivity contribution in [3.05, 3.63) is 35.4 Å². The van der Waals surface area contributed by atoms with Gasteiger partial charge in [-0.05, 0) is 17.7 Å². The molecule has 0 spiro atoms. The van der Waals surface area contributed by atoms with Gasteiger partial charge >= 0.3 is 5.97 Å². The fraction of sp³-hybridized carbons (Fsp3) is 0.250. The van der Waals surface area contributed by atoms with Crippen molar-refractivity contribution in [2.75, 3.05) is 0 Å². The molecule has 2 rings (SSSR count). The summed E-state index contributed by atoms with van der Waals surface area (Å²) in [6.45, 7) is 0. The Morgan fingerprint density at radius 3 is 2.82 bits per heavy atom. The first-order valence-electron chi connectivity index (χ1n) is 5.14. The molecule has 1 aromatic rings. The molecule has 0 saturated heterocycles. The summed E-state index contributed by atoms with van der Waals surface area (Å²) in [5.41, 5.74) is 2.16. The number of carboxylic acid groups (broad SMARTS) is 1. The lowest BCUT2D eigenvalue weighted by atomic mass is 10.0. The van der Waals surface area contributed by atoms with Crippen molar-refractivity contribution in [2.24, 2.45) is 5.16 Å². The van der Waals surface area contributed by atoms with E-state index >= 15 is 0 Å². The highest BCUT2D eigenvalue weighted by molar-refractivity contribution is 6.01. The first-order valence-corrected chi connectivity index (χ1v) is 5.14. The van der Waals surface area contributed by atoms with E-state index in [-0.39, 0.29) is 6.42 Å². The Balaban J connectivity index is 2.05. The summed E-state index contributed by atoms with van der Waals surface area (Å²) in [5, 5.41) is 21.2. The van der Waals surface area contributed by atoms with Gasteiger partial charge in [-0.3, -0.25) is 4.79 Å². The van der Waals surface area contributed by atoms with Crippen molar-refractivity contribution in [3.63, 3.8) is 0 Å². The molecule has 1 heterocycles. The molecule has 0 amide bonds. The molecule has 1 aliphatic rings. The van der Waals surface area contributed by atoms with Crippen LogP contribution in [-0.4, -0.2) is 22.9 Å². The second-order valence-corrected chi connectivity index (χ2v) is 3.76. The van der Waals surface area contributed by atoms with Gasteiger partial charge in [0, 0.05) is 6.42 Å². The summed E-state index contributed by atoms with van der Waals surface area (Å²) >= 11 is 0. The van der Waals surface area contributed by atoms with Gasteiger partial charge in [-0.1, -0.05) is 17.3 Å². The highest BCUT2D eigenvalue weighted by Gasteiger charge is 2.24. The Morgan fingerprint density at radius 1 is 1.53 bits per heavy atom. The third kappa shape index (κ3) is 2.61. The molecular formula is C12H10N2O3. The van der Waals surface area contributed by atoms with E-state index in [2.05, 4.69) is 5.16 Å². The second-order valence-electron chi connectivity index (χ2n) is 3.76. The van der Waals surface area contributed by atoms with Crippen molar-refractivity contribution in [2.45, 2.75) is 18.9 Å². The lowest BCUT2D eigenvalue weighted by Gasteiger charge is -2.03. The standard InChI is InChI=1S/C12H10N2O3/c13-7-8-1-3-9(4-2-8)11-5-10(17-14-11)6-12(15)16/h1-4,10H,5-6H2,(H,15,16). The molecule has 1 aromatic carbocycles. The van der Waals surface area contributed by atoms with Crippen molar-refractivity contribution >= 4 is 11.7 Å². The number of benzene rings is 1. The van der Waals surface area contributed by atoms with E-state index in [0.29, 0.717) is 12.0 Å². The molecular weight excluding hydrogens is 220 g/mol. The molecule has 0 fully saturated rings. The Labute approximate surface area is 97.9 Å². The summed E-state index contributed by atoms with van der Waals surface area (Å²) in [4.78, 5) is 15.5. The predicted octanol–water partition coefficient (Wildman–Crippen LogP) is 1.53. The van der Waals surface area contributed by atoms with Crippen LogP contribution in [0.15, 0.2) is 29.4 Å². The SMILES string of the molecule is N#Cc1ccc(C2=NOC(CC(=O)O)C2)cc1. The largest absolute Gasteiger partial charge is 0.481 e. The van der Waals surface area contributed by atoms with Crippen LogP contribution in [0, 0.1) is 11.3 Å². The maximum absolute atomic E-state index is 10.5. The topological polar surface area (TPSA) is 82.7 Å². The average Bonchev–Trinajstić information content (AvgIpc) is 2.77. The molecule has 1 unspecified atom stereocenters. The monoisotopic (exact) mass is 230 g/mol. The smallest absolute Gasteiger partial charge is 0.307 e. The zero-order chi connectivity index (χ0) is 12.3. The minimum absolute atomic E-state index is 0.0523. The number of carbonyl (C=O) groups is 1. The Kier molecular flexibility index (Phi) is 3.06. The zero-order valence-electron chi connectivity index (χ0n) is 8.96. The van der Waals surface area contributed by atoms with Crippen LogP contribution in [-0.2, 0) is 9.63 Å². The molecule has 1 aliphatic heterocycles. The van der Waals surface area contributed by atoms with Crippen molar-refractivity contribution < 1.29 is 14.7 Å². The number of carboxylic acids is 1. The van der Waals surface area contributed by atoms with E-state index in [1.165, 1.54) is 0 Å². The van der Waals surface area contributed by atoms with Crippen LogP contribution in [0.25, 0.3) is 0 Å². The van der Waals surface area contributed by atoms with Gasteiger partial charge < -0.3 is 9.94 Å². The van der Waals surface area contributed by atoms with Gasteiger partial charge in [0.2, 0.25) is 0 Å². The minimum Gasteiger partial charge on any atom is -0.481 e. The van der Waals surface area contributed by atoms with Crippen LogP contribution >= 0.6 is 0 Å². The van der Waals surface area contributed by atoms with Crippen molar-refractivity contribution in [3.8, 4) is 6.07 Å². The molecule has 86 valence electrons. The molecule has 17 heavy (non-hydrogen) atoms. The van der Waals surface area contributed by atoms with E-state index in [1.54, 1.807) is 24.3 Å². The third-order valence-corrected chi connectivity index (χ3v) is 2.48. The normalized spacial score (nSPS) is 18.1. The molecule has 5 nitrogen and oxygen atoms in total. The van der Waals surface area contributed by atoms with Crippen LogP contribution in [0.4, 0.5) is 0 Å². The van der Waals surface area contributed by atoms with Crippen LogP contribution < -0.4 is 0 Å². The van der Waals surface area contributed by atoms with Crippen molar-refractivity contribution in [1.82, 2.24) is 0 Å². The second kappa shape index (κ2) is 4.66. The van der Waals surface area contributed by atoms with E-state index in [0.717, 1.165) is 11.3 Å². The third-order valence-electron chi connectivity index (χ3n) is 2.48. The van der Waals surface area contributed by atoms with Crippen LogP contribution in [0.3, 0.4) is 0 Å². The van der Waals surface area contributed by atoms with E-state index < -0.39 is 12.1 Å². The fourth-order valence-corrected chi connectivity index (χ4v) is 1.64. The molecule has 0 aliphatic carbocycles. The lowest BCUT2D eigenvalue weighted by Crippen LogP contribution is -2.13. The van der Waals surface area contributed by atoms with Crippen LogP contribution in [0.5, 0.6) is 0 Å². The zero-order valence-corrected chi connectivity index (χ0v) is 8.96. The van der Waals surface area contributed by atoms with Gasteiger partial charge in [0.1, 0.15) is 6.10 Å². The highest BCUT2D eigenvalue weighted by Crippen LogP contribution is 2.19. The molecule has 1 atom stereocenters. The maximum atomic E-state index is 10.5. The van der Waals surface area contributed by atoms with Gasteiger partial charge in [-0.25, -0.2) is 0 Å². The van der Waals surface area contributed by atoms with Gasteiger partial charge in [-0.2, -0.15) is 5.26 Å². The summed E-state index contributed by atoms with van der Waals surface area (Å²) in [7, 11) is 0. The summed E-state index contributed by atoms with van der Waals surface area (Å²) in [5.74, 6) is -0.897. The van der Waals surface area contributed by atoms with Gasteiger partial charge in [0.15, 0.2) is 0 Å². The molecule has 0 aromatic heterocycles. The number of hydrogen-bond donors (Lipinski definition) is 1. The van der Waals surface area contributed by atoms with E-state index in [9.17, 15) is 4.79 Å². The molecule has 0 saturated carbocycles. The Hall–Kier alpha value is -2.35. The first kappa shape index (κ1) is 11.1. The summed E-state index contributed by atoms with van der Waals surface area (Å²) in [6, 6.07) is 8.99. The van der Waals surface area contributed by atoms with Crippen LogP contribution in [0.2, 0.25) is 0 Å². The number of nitrogens with zero attached hydrogens (tertiary/aromatic N) is 2. The van der Waals surface area contributed by atoms with Gasteiger partial charge in [0.25, 0.3) is 0 Å². The van der Waals surface area contributed by atoms with Crippen molar-refractivity contribution in [1.29, 1.82) is 5.26 Å². The lowest BCUT2D eigenvalue weighted by molar-refractivity contribution is -0.139. The maximum Gasteiger partial charge on any atom is 0.307 e. The number of oxime groups is 1. The summed E-state index contributed by atoms with van der Waals surface area (Å²) in [6.07, 6.45) is 0.0414. The number of nitriles is 1. The Bertz CT molecular complexity index is 499. The van der Waals surface area contributed by atoms with Gasteiger partial charge in [-0.15, -0.1) is 0 Å². The molecule has 1 N–H and O–H groups in total. The van der Waals surface area contributed by atoms with E-state index in [4.69, 9.17) is 15.2 Å². The average molecular weight is 230 g/mol. The quantitative estimate of drug-likeness (QED) is 0.853. The first-order chi connectivity index (χ1) is 8.19. The number of hydrogen-bond acceptors (Lipinski definition) is 4.